The summed E-state index contributed by atoms with van der Waals surface area (Å²) in [6, 6.07) is 21.4. The molecule has 2 aliphatic rings. The summed E-state index contributed by atoms with van der Waals surface area (Å²) in [6.07, 6.45) is 0. The molecular formula is C31H31N3O5. The van der Waals surface area contributed by atoms with E-state index in [1.807, 2.05) is 67.6 Å². The minimum atomic E-state index is -1.18. The summed E-state index contributed by atoms with van der Waals surface area (Å²) in [6.45, 7) is 2.55. The Morgan fingerprint density at radius 3 is 2.41 bits per heavy atom. The Labute approximate surface area is 227 Å². The highest BCUT2D eigenvalue weighted by atomic mass is 16.5. The van der Waals surface area contributed by atoms with Gasteiger partial charge in [0.15, 0.2) is 17.0 Å². The van der Waals surface area contributed by atoms with Crippen molar-refractivity contribution in [3.63, 3.8) is 0 Å². The van der Waals surface area contributed by atoms with E-state index in [4.69, 9.17) is 14.2 Å². The van der Waals surface area contributed by atoms with E-state index in [2.05, 4.69) is 11.1 Å². The number of fused-ring (bicyclic) bond motifs is 5. The van der Waals surface area contributed by atoms with Crippen LogP contribution in [0.15, 0.2) is 66.7 Å². The fourth-order valence-electron chi connectivity index (χ4n) is 6.22. The summed E-state index contributed by atoms with van der Waals surface area (Å²) >= 11 is 0. The lowest BCUT2D eigenvalue weighted by atomic mass is 9.76. The van der Waals surface area contributed by atoms with Gasteiger partial charge in [-0.05, 0) is 42.3 Å². The number of hydrogen-bond acceptors (Lipinski definition) is 5. The number of hydrogen-bond donors (Lipinski definition) is 1. The quantitative estimate of drug-likeness (QED) is 0.403. The lowest BCUT2D eigenvalue weighted by molar-refractivity contribution is -0.166. The maximum atomic E-state index is 14.3. The van der Waals surface area contributed by atoms with Gasteiger partial charge in [0, 0.05) is 35.5 Å². The van der Waals surface area contributed by atoms with Crippen LogP contribution in [0.4, 0.5) is 0 Å². The molecule has 39 heavy (non-hydrogen) atoms. The molecule has 0 spiro atoms. The van der Waals surface area contributed by atoms with Crippen LogP contribution in [0, 0.1) is 0 Å². The van der Waals surface area contributed by atoms with E-state index < -0.39 is 5.54 Å². The van der Waals surface area contributed by atoms with Gasteiger partial charge in [0.05, 0.1) is 27.0 Å². The summed E-state index contributed by atoms with van der Waals surface area (Å²) < 4.78 is 16.7. The molecule has 2 atom stereocenters. The highest BCUT2D eigenvalue weighted by Crippen LogP contribution is 2.50. The molecule has 1 N–H and O–H groups in total. The zero-order chi connectivity index (χ0) is 27.3. The largest absolute Gasteiger partial charge is 0.497 e. The van der Waals surface area contributed by atoms with Crippen molar-refractivity contribution in [1.29, 1.82) is 0 Å². The molecule has 8 nitrogen and oxygen atoms in total. The molecule has 2 aliphatic heterocycles. The van der Waals surface area contributed by atoms with Crippen LogP contribution >= 0.6 is 0 Å². The molecule has 1 unspecified atom stereocenters. The van der Waals surface area contributed by atoms with Gasteiger partial charge in [-0.15, -0.1) is 0 Å². The Kier molecular flexibility index (Phi) is 5.98. The number of benzene rings is 3. The van der Waals surface area contributed by atoms with Crippen LogP contribution in [0.3, 0.4) is 0 Å². The number of aromatic nitrogens is 1. The summed E-state index contributed by atoms with van der Waals surface area (Å²) in [5.41, 5.74) is 3.32. The van der Waals surface area contributed by atoms with E-state index in [0.717, 1.165) is 39.0 Å². The van der Waals surface area contributed by atoms with Gasteiger partial charge < -0.3 is 29.0 Å². The number of piperazine rings is 1. The number of aromatic amines is 1. The second-order valence-electron chi connectivity index (χ2n) is 10.2. The molecule has 0 saturated carbocycles. The number of H-pyrrole nitrogens is 1. The molecule has 0 radical (unpaired) electrons. The van der Waals surface area contributed by atoms with Crippen LogP contribution in [0.25, 0.3) is 10.9 Å². The van der Waals surface area contributed by atoms with Gasteiger partial charge in [0.1, 0.15) is 12.3 Å². The molecule has 1 aromatic heterocycles. The average Bonchev–Trinajstić information content (AvgIpc) is 3.36. The number of amides is 2. The zero-order valence-electron chi connectivity index (χ0n) is 22.5. The number of ether oxygens (including phenoxy) is 3. The molecule has 8 heteroatoms. The fraction of sp³-hybridized carbons (Fsp3) is 0.290. The van der Waals surface area contributed by atoms with Crippen LogP contribution in [-0.4, -0.2) is 61.0 Å². The molecule has 0 bridgehead atoms. The number of para-hydroxylation sites is 2. The van der Waals surface area contributed by atoms with Crippen LogP contribution in [-0.2, 0) is 21.7 Å². The SMILES string of the molecule is COc1ccc(CN2CC(=O)N3CC(c4cccc(OC)c4OC)c4c([nH]c5ccccc45)[C@@]3(C)C2=O)cc1. The van der Waals surface area contributed by atoms with Crippen molar-refractivity contribution in [3.05, 3.63) is 89.1 Å². The fourth-order valence-corrected chi connectivity index (χ4v) is 6.22. The molecule has 0 aliphatic carbocycles. The van der Waals surface area contributed by atoms with E-state index >= 15 is 0 Å². The second kappa shape index (κ2) is 9.38. The van der Waals surface area contributed by atoms with Crippen LogP contribution < -0.4 is 14.2 Å². The number of carbonyl (C=O) groups is 2. The van der Waals surface area contributed by atoms with Gasteiger partial charge in [-0.3, -0.25) is 9.59 Å². The van der Waals surface area contributed by atoms with Crippen molar-refractivity contribution in [3.8, 4) is 17.2 Å². The molecule has 4 aromatic rings. The normalized spacial score (nSPS) is 20.6. The molecule has 6 rings (SSSR count). The van der Waals surface area contributed by atoms with Crippen molar-refractivity contribution < 1.29 is 23.8 Å². The van der Waals surface area contributed by atoms with Crippen molar-refractivity contribution in [2.75, 3.05) is 34.4 Å². The first-order valence-electron chi connectivity index (χ1n) is 13.0. The first-order valence-corrected chi connectivity index (χ1v) is 13.0. The number of methoxy groups -OCH3 is 3. The predicted octanol–water partition coefficient (Wildman–Crippen LogP) is 4.43. The Bertz CT molecular complexity index is 1580. The van der Waals surface area contributed by atoms with Crippen LogP contribution in [0.5, 0.6) is 17.2 Å². The monoisotopic (exact) mass is 525 g/mol. The third-order valence-electron chi connectivity index (χ3n) is 8.16. The van der Waals surface area contributed by atoms with E-state index in [1.54, 1.807) is 31.1 Å². The Morgan fingerprint density at radius 2 is 1.69 bits per heavy atom. The van der Waals surface area contributed by atoms with Gasteiger partial charge in [-0.1, -0.05) is 42.5 Å². The molecule has 2 amide bonds. The number of nitrogens with one attached hydrogen (secondary N) is 1. The average molecular weight is 526 g/mol. The van der Waals surface area contributed by atoms with Gasteiger partial charge >= 0.3 is 0 Å². The first-order chi connectivity index (χ1) is 18.9. The minimum absolute atomic E-state index is 0.0119. The highest BCUT2D eigenvalue weighted by Gasteiger charge is 2.56. The van der Waals surface area contributed by atoms with E-state index in [9.17, 15) is 9.59 Å². The van der Waals surface area contributed by atoms with Crippen molar-refractivity contribution in [2.24, 2.45) is 0 Å². The lowest BCUT2D eigenvalue weighted by Crippen LogP contribution is -2.67. The standard InChI is InChI=1S/C31H31N3O5/c1-31-29-27(22-8-5-6-10-24(22)32-29)23(21-9-7-11-25(38-3)28(21)39-4)17-34(31)26(35)18-33(30(31)36)16-19-12-14-20(37-2)15-13-19/h5-15,23,32H,16-18H2,1-4H3/t23?,31-/m0/s1. The Balaban J connectivity index is 1.50. The van der Waals surface area contributed by atoms with Crippen LogP contribution in [0.2, 0.25) is 0 Å². The summed E-state index contributed by atoms with van der Waals surface area (Å²) in [4.78, 5) is 35.0. The highest BCUT2D eigenvalue weighted by molar-refractivity contribution is 6.01. The van der Waals surface area contributed by atoms with Gasteiger partial charge in [-0.2, -0.15) is 0 Å². The maximum Gasteiger partial charge on any atom is 0.255 e. The van der Waals surface area contributed by atoms with Gasteiger partial charge in [-0.25, -0.2) is 0 Å². The molecule has 1 fully saturated rings. The van der Waals surface area contributed by atoms with Crippen molar-refractivity contribution >= 4 is 22.7 Å². The smallest absolute Gasteiger partial charge is 0.255 e. The third-order valence-corrected chi connectivity index (χ3v) is 8.16. The van der Waals surface area contributed by atoms with Gasteiger partial charge in [0.25, 0.3) is 5.91 Å². The van der Waals surface area contributed by atoms with Crippen LogP contribution in [0.1, 0.15) is 35.2 Å². The van der Waals surface area contributed by atoms with Crippen molar-refractivity contribution in [2.45, 2.75) is 24.9 Å². The van der Waals surface area contributed by atoms with Gasteiger partial charge in [0.2, 0.25) is 5.91 Å². The van der Waals surface area contributed by atoms with Crippen molar-refractivity contribution in [1.82, 2.24) is 14.8 Å². The number of carbonyl (C=O) groups excluding carboxylic acids is 2. The minimum Gasteiger partial charge on any atom is -0.497 e. The summed E-state index contributed by atoms with van der Waals surface area (Å²) in [5.74, 6) is 1.56. The molecular weight excluding hydrogens is 494 g/mol. The second-order valence-corrected chi connectivity index (χ2v) is 10.2. The van der Waals surface area contributed by atoms with E-state index in [0.29, 0.717) is 24.6 Å². The molecule has 3 heterocycles. The molecule has 200 valence electrons. The Morgan fingerprint density at radius 1 is 0.923 bits per heavy atom. The number of nitrogens with zero attached hydrogens (tertiary/aromatic N) is 2. The topological polar surface area (TPSA) is 84.1 Å². The summed E-state index contributed by atoms with van der Waals surface area (Å²) in [5, 5.41) is 1.02. The van der Waals surface area contributed by atoms with E-state index in [-0.39, 0.29) is 24.3 Å². The molecule has 3 aromatic carbocycles. The first kappa shape index (κ1) is 24.9. The maximum absolute atomic E-state index is 14.3. The molecule has 1 saturated heterocycles. The third kappa shape index (κ3) is 3.73. The number of rotatable bonds is 6. The summed E-state index contributed by atoms with van der Waals surface area (Å²) in [7, 11) is 4.85. The Hall–Kier alpha value is -4.46. The zero-order valence-corrected chi connectivity index (χ0v) is 22.5. The van der Waals surface area contributed by atoms with E-state index in [1.165, 1.54) is 0 Å². The lowest BCUT2D eigenvalue weighted by Gasteiger charge is -2.51. The predicted molar refractivity (Wildman–Crippen MR) is 147 cm³/mol.